The van der Waals surface area contributed by atoms with Gasteiger partial charge in [-0.15, -0.1) is 12.4 Å². The minimum absolute atomic E-state index is 0. The second kappa shape index (κ2) is 5.47. The molecule has 0 spiro atoms. The van der Waals surface area contributed by atoms with Crippen LogP contribution in [-0.4, -0.2) is 13.1 Å². The number of nitrogens with one attached hydrogen (secondary N) is 1. The zero-order valence-electron chi connectivity index (χ0n) is 12.4. The monoisotopic (exact) mass is 299 g/mol. The molecule has 0 aromatic heterocycles. The van der Waals surface area contributed by atoms with E-state index in [9.17, 15) is 0 Å². The number of hydrogen-bond donors (Lipinski definition) is 1. The third-order valence-electron chi connectivity index (χ3n) is 5.23. The van der Waals surface area contributed by atoms with E-state index in [1.165, 1.54) is 12.8 Å². The van der Waals surface area contributed by atoms with Gasteiger partial charge in [0, 0.05) is 11.3 Å². The Balaban J connectivity index is 0.00000132. The van der Waals surface area contributed by atoms with Gasteiger partial charge >= 0.3 is 0 Å². The maximum Gasteiger partial charge on any atom is 0.0229 e. The summed E-state index contributed by atoms with van der Waals surface area (Å²) < 4.78 is 0. The molecule has 110 valence electrons. The molecule has 2 aromatic rings. The largest absolute Gasteiger partial charge is 0.317 e. The summed E-state index contributed by atoms with van der Waals surface area (Å²) in [6, 6.07) is 18.2. The summed E-state index contributed by atoms with van der Waals surface area (Å²) in [6.07, 6.45) is 2.49. The summed E-state index contributed by atoms with van der Waals surface area (Å²) in [4.78, 5) is 0. The molecule has 0 unspecified atom stereocenters. The van der Waals surface area contributed by atoms with E-state index in [0.717, 1.165) is 13.1 Å². The van der Waals surface area contributed by atoms with Crippen molar-refractivity contribution in [2.24, 2.45) is 0 Å². The van der Waals surface area contributed by atoms with E-state index in [2.05, 4.69) is 60.8 Å². The molecule has 1 nitrogen and oxygen atoms in total. The fourth-order valence-electron chi connectivity index (χ4n) is 4.42. The molecule has 2 aliphatic rings. The van der Waals surface area contributed by atoms with Gasteiger partial charge in [0.05, 0.1) is 0 Å². The van der Waals surface area contributed by atoms with Crippen LogP contribution in [0.5, 0.6) is 0 Å². The van der Waals surface area contributed by atoms with Crippen molar-refractivity contribution in [3.05, 3.63) is 70.8 Å². The Bertz CT molecular complexity index is 602. The van der Waals surface area contributed by atoms with Crippen LogP contribution >= 0.6 is 12.4 Å². The van der Waals surface area contributed by atoms with E-state index in [1.807, 2.05) is 0 Å². The molecule has 1 N–H and O–H groups in total. The minimum Gasteiger partial charge on any atom is -0.317 e. The van der Waals surface area contributed by atoms with Crippen LogP contribution in [-0.2, 0) is 5.41 Å². The number of hydrogen-bond acceptors (Lipinski definition) is 1. The van der Waals surface area contributed by atoms with Gasteiger partial charge in [-0.3, -0.25) is 0 Å². The van der Waals surface area contributed by atoms with Crippen LogP contribution in [0.25, 0.3) is 0 Å². The van der Waals surface area contributed by atoms with Gasteiger partial charge < -0.3 is 5.32 Å². The second-order valence-corrected chi connectivity index (χ2v) is 6.12. The van der Waals surface area contributed by atoms with Crippen molar-refractivity contribution < 1.29 is 0 Å². The Hall–Kier alpha value is -1.31. The number of benzene rings is 2. The second-order valence-electron chi connectivity index (χ2n) is 6.12. The molecule has 0 saturated heterocycles. The lowest BCUT2D eigenvalue weighted by Gasteiger charge is -2.31. The fraction of sp³-hybridized carbons (Fsp3) is 0.368. The smallest absolute Gasteiger partial charge is 0.0229 e. The first kappa shape index (κ1) is 14.6. The summed E-state index contributed by atoms with van der Waals surface area (Å²) in [6.45, 7) is 4.35. The molecule has 2 bridgehead atoms. The van der Waals surface area contributed by atoms with Crippen LogP contribution in [0.2, 0.25) is 0 Å². The van der Waals surface area contributed by atoms with Gasteiger partial charge in [0.2, 0.25) is 0 Å². The molecule has 4 rings (SSSR count). The fourth-order valence-corrected chi connectivity index (χ4v) is 4.42. The Morgan fingerprint density at radius 1 is 1.00 bits per heavy atom. The first-order chi connectivity index (χ1) is 9.87. The first-order valence-corrected chi connectivity index (χ1v) is 7.76. The standard InChI is InChI=1S/C19H21N.ClH/c1-2-20-12-11-19-13-16(14-7-3-5-9-17(14)19)15-8-4-6-10-18(15)19;/h3-10,16,20H,2,11-13H2,1H3;1H. The molecular weight excluding hydrogens is 278 g/mol. The molecule has 0 radical (unpaired) electrons. The predicted molar refractivity (Wildman–Crippen MR) is 90.5 cm³/mol. The van der Waals surface area contributed by atoms with E-state index in [0.29, 0.717) is 5.92 Å². The van der Waals surface area contributed by atoms with Crippen molar-refractivity contribution in [1.82, 2.24) is 5.32 Å². The molecule has 2 heteroatoms. The average molecular weight is 300 g/mol. The highest BCUT2D eigenvalue weighted by Gasteiger charge is 2.51. The normalized spacial score (nSPS) is 24.3. The molecule has 0 aliphatic heterocycles. The number of rotatable bonds is 4. The van der Waals surface area contributed by atoms with Gasteiger partial charge in [-0.1, -0.05) is 55.5 Å². The quantitative estimate of drug-likeness (QED) is 0.833. The van der Waals surface area contributed by atoms with Crippen LogP contribution in [0, 0.1) is 0 Å². The lowest BCUT2D eigenvalue weighted by molar-refractivity contribution is 0.468. The molecule has 2 aromatic carbocycles. The molecule has 0 heterocycles. The van der Waals surface area contributed by atoms with Gasteiger partial charge in [0.15, 0.2) is 0 Å². The van der Waals surface area contributed by atoms with Crippen molar-refractivity contribution in [3.8, 4) is 0 Å². The van der Waals surface area contributed by atoms with Crippen molar-refractivity contribution in [2.75, 3.05) is 13.1 Å². The lowest BCUT2D eigenvalue weighted by Crippen LogP contribution is -2.29. The topological polar surface area (TPSA) is 12.0 Å². The highest BCUT2D eigenvalue weighted by Crippen LogP contribution is 2.61. The third-order valence-corrected chi connectivity index (χ3v) is 5.23. The van der Waals surface area contributed by atoms with Crippen molar-refractivity contribution in [3.63, 3.8) is 0 Å². The van der Waals surface area contributed by atoms with Gasteiger partial charge in [-0.25, -0.2) is 0 Å². The predicted octanol–water partition coefficient (Wildman–Crippen LogP) is 4.24. The summed E-state index contributed by atoms with van der Waals surface area (Å²) in [5, 5.41) is 3.51. The third kappa shape index (κ3) is 1.95. The lowest BCUT2D eigenvalue weighted by atomic mass is 9.73. The Kier molecular flexibility index (Phi) is 3.81. The molecule has 0 atom stereocenters. The van der Waals surface area contributed by atoms with E-state index < -0.39 is 0 Å². The van der Waals surface area contributed by atoms with Crippen molar-refractivity contribution >= 4 is 12.4 Å². The van der Waals surface area contributed by atoms with E-state index in [1.54, 1.807) is 22.3 Å². The maximum atomic E-state index is 3.51. The highest BCUT2D eigenvalue weighted by atomic mass is 35.5. The van der Waals surface area contributed by atoms with Gasteiger partial charge in [0.1, 0.15) is 0 Å². The van der Waals surface area contributed by atoms with Crippen molar-refractivity contribution in [1.29, 1.82) is 0 Å². The summed E-state index contributed by atoms with van der Waals surface area (Å²) >= 11 is 0. The Morgan fingerprint density at radius 3 is 2.14 bits per heavy atom. The average Bonchev–Trinajstić information content (AvgIpc) is 3.01. The number of halogens is 1. The van der Waals surface area contributed by atoms with Gasteiger partial charge in [-0.2, -0.15) is 0 Å². The van der Waals surface area contributed by atoms with E-state index in [4.69, 9.17) is 0 Å². The molecule has 21 heavy (non-hydrogen) atoms. The summed E-state index contributed by atoms with van der Waals surface area (Å²) in [7, 11) is 0. The molecule has 0 saturated carbocycles. The van der Waals surface area contributed by atoms with Crippen LogP contribution in [0.4, 0.5) is 0 Å². The van der Waals surface area contributed by atoms with Crippen LogP contribution in [0.1, 0.15) is 47.9 Å². The molecule has 0 fully saturated rings. The highest BCUT2D eigenvalue weighted by molar-refractivity contribution is 5.85. The minimum atomic E-state index is 0. The Labute approximate surface area is 133 Å². The van der Waals surface area contributed by atoms with Crippen molar-refractivity contribution in [2.45, 2.75) is 31.1 Å². The van der Waals surface area contributed by atoms with Crippen LogP contribution in [0.3, 0.4) is 0 Å². The summed E-state index contributed by atoms with van der Waals surface area (Å²) in [5.41, 5.74) is 6.58. The number of fused-ring (bicyclic) bond motifs is 8. The van der Waals surface area contributed by atoms with E-state index >= 15 is 0 Å². The molecule has 2 aliphatic carbocycles. The molecule has 0 amide bonds. The SMILES string of the molecule is CCNCCC12CC(c3ccccc31)c1ccccc12.Cl. The van der Waals surface area contributed by atoms with E-state index in [-0.39, 0.29) is 17.8 Å². The summed E-state index contributed by atoms with van der Waals surface area (Å²) in [5.74, 6) is 0.629. The Morgan fingerprint density at radius 2 is 1.57 bits per heavy atom. The first-order valence-electron chi connectivity index (χ1n) is 7.76. The maximum absolute atomic E-state index is 3.51. The van der Waals surface area contributed by atoms with Gasteiger partial charge in [-0.05, 0) is 48.2 Å². The van der Waals surface area contributed by atoms with Gasteiger partial charge in [0.25, 0.3) is 0 Å². The molecular formula is C19H22ClN. The van der Waals surface area contributed by atoms with Crippen LogP contribution < -0.4 is 5.32 Å². The zero-order chi connectivity index (χ0) is 13.6. The van der Waals surface area contributed by atoms with Crippen LogP contribution in [0.15, 0.2) is 48.5 Å². The zero-order valence-corrected chi connectivity index (χ0v) is 13.2.